The second-order valence-corrected chi connectivity index (χ2v) is 5.58. The Kier molecular flexibility index (Phi) is 5.78. The number of carbonyl (C=O) groups is 1. The number of amides is 1. The molecule has 2 aromatic rings. The van der Waals surface area contributed by atoms with Gasteiger partial charge >= 0.3 is 0 Å². The monoisotopic (exact) mass is 317 g/mol. The van der Waals surface area contributed by atoms with Crippen LogP contribution in [0.15, 0.2) is 42.6 Å². The number of unbranched alkanes of at least 4 members (excludes halogenated alkanes) is 1. The molecule has 0 atom stereocenters. The van der Waals surface area contributed by atoms with E-state index < -0.39 is 0 Å². The van der Waals surface area contributed by atoms with Crippen LogP contribution in [0.2, 0.25) is 5.02 Å². The third-order valence-electron chi connectivity index (χ3n) is 3.29. The lowest BCUT2D eigenvalue weighted by Crippen LogP contribution is -2.28. The highest BCUT2D eigenvalue weighted by molar-refractivity contribution is 6.30. The van der Waals surface area contributed by atoms with E-state index in [2.05, 4.69) is 17.2 Å². The number of rotatable bonds is 6. The average Bonchev–Trinajstić information content (AvgIpc) is 2.52. The van der Waals surface area contributed by atoms with E-state index in [1.165, 1.54) is 0 Å². The first-order chi connectivity index (χ1) is 10.6. The maximum Gasteiger partial charge on any atom is 0.272 e. The van der Waals surface area contributed by atoms with Crippen LogP contribution in [-0.2, 0) is 0 Å². The van der Waals surface area contributed by atoms with Crippen LogP contribution in [0.3, 0.4) is 0 Å². The number of hydrogen-bond donors (Lipinski definition) is 1. The first-order valence-corrected chi connectivity index (χ1v) is 7.72. The number of carbonyl (C=O) groups excluding carboxylic acids is 1. The second-order valence-electron chi connectivity index (χ2n) is 5.15. The van der Waals surface area contributed by atoms with E-state index in [0.29, 0.717) is 10.7 Å². The Bertz CT molecular complexity index is 628. The maximum absolute atomic E-state index is 12.2. The van der Waals surface area contributed by atoms with Crippen LogP contribution in [0.1, 0.15) is 30.3 Å². The molecule has 22 heavy (non-hydrogen) atoms. The molecule has 1 heterocycles. The second kappa shape index (κ2) is 7.80. The summed E-state index contributed by atoms with van der Waals surface area (Å²) >= 11 is 5.95. The summed E-state index contributed by atoms with van der Waals surface area (Å²) in [5.74, 6) is -0.0530. The van der Waals surface area contributed by atoms with Crippen molar-refractivity contribution in [3.8, 4) is 0 Å². The van der Waals surface area contributed by atoms with Crippen molar-refractivity contribution < 1.29 is 4.79 Å². The lowest BCUT2D eigenvalue weighted by Gasteiger charge is -2.16. The van der Waals surface area contributed by atoms with Gasteiger partial charge in [-0.25, -0.2) is 4.98 Å². The van der Waals surface area contributed by atoms with Crippen LogP contribution in [-0.4, -0.2) is 29.4 Å². The van der Waals surface area contributed by atoms with Crippen LogP contribution in [0.4, 0.5) is 11.4 Å². The zero-order chi connectivity index (χ0) is 15.9. The van der Waals surface area contributed by atoms with Gasteiger partial charge in [0.2, 0.25) is 0 Å². The minimum Gasteiger partial charge on any atom is -0.354 e. The zero-order valence-corrected chi connectivity index (χ0v) is 13.6. The molecule has 1 N–H and O–H groups in total. The number of nitrogens with one attached hydrogen (secondary N) is 1. The average molecular weight is 318 g/mol. The van der Waals surface area contributed by atoms with Gasteiger partial charge in [-0.05, 0) is 36.8 Å². The zero-order valence-electron chi connectivity index (χ0n) is 12.8. The van der Waals surface area contributed by atoms with Crippen molar-refractivity contribution in [2.75, 3.05) is 18.9 Å². The van der Waals surface area contributed by atoms with Crippen LogP contribution >= 0.6 is 11.6 Å². The largest absolute Gasteiger partial charge is 0.354 e. The van der Waals surface area contributed by atoms with Crippen molar-refractivity contribution in [2.24, 2.45) is 0 Å². The van der Waals surface area contributed by atoms with Gasteiger partial charge in [0, 0.05) is 24.3 Å². The molecule has 116 valence electrons. The number of nitrogens with zero attached hydrogens (tertiary/aromatic N) is 2. The van der Waals surface area contributed by atoms with Crippen molar-refractivity contribution in [3.63, 3.8) is 0 Å². The van der Waals surface area contributed by atoms with E-state index >= 15 is 0 Å². The first kappa shape index (κ1) is 16.3. The van der Waals surface area contributed by atoms with Gasteiger partial charge in [-0.15, -0.1) is 0 Å². The van der Waals surface area contributed by atoms with E-state index in [1.807, 2.05) is 30.3 Å². The van der Waals surface area contributed by atoms with Gasteiger partial charge < -0.3 is 10.2 Å². The van der Waals surface area contributed by atoms with Gasteiger partial charge in [-0.3, -0.25) is 4.79 Å². The predicted octanol–water partition coefficient (Wildman–Crippen LogP) is 4.35. The highest BCUT2D eigenvalue weighted by Crippen LogP contribution is 2.19. The Hall–Kier alpha value is -2.07. The van der Waals surface area contributed by atoms with Crippen LogP contribution in [0, 0.1) is 0 Å². The smallest absolute Gasteiger partial charge is 0.272 e. The van der Waals surface area contributed by atoms with Gasteiger partial charge in [0.05, 0.1) is 11.9 Å². The summed E-state index contributed by atoms with van der Waals surface area (Å²) in [6.45, 7) is 2.85. The minimum atomic E-state index is -0.0530. The number of aromatic nitrogens is 1. The molecule has 0 unspecified atom stereocenters. The first-order valence-electron chi connectivity index (χ1n) is 7.34. The number of benzene rings is 1. The van der Waals surface area contributed by atoms with E-state index in [1.54, 1.807) is 24.2 Å². The molecular formula is C17H20ClN3O. The normalized spacial score (nSPS) is 10.3. The molecule has 0 bridgehead atoms. The molecule has 0 saturated heterocycles. The van der Waals surface area contributed by atoms with Gasteiger partial charge in [0.1, 0.15) is 5.69 Å². The fraction of sp³-hybridized carbons (Fsp3) is 0.294. The minimum absolute atomic E-state index is 0.0530. The fourth-order valence-corrected chi connectivity index (χ4v) is 2.21. The molecule has 4 nitrogen and oxygen atoms in total. The maximum atomic E-state index is 12.2. The topological polar surface area (TPSA) is 45.2 Å². The van der Waals surface area contributed by atoms with Crippen molar-refractivity contribution in [2.45, 2.75) is 19.8 Å². The molecule has 0 aliphatic rings. The Morgan fingerprint density at radius 3 is 2.73 bits per heavy atom. The Morgan fingerprint density at radius 2 is 2.09 bits per heavy atom. The summed E-state index contributed by atoms with van der Waals surface area (Å²) in [4.78, 5) is 18.1. The third-order valence-corrected chi connectivity index (χ3v) is 3.52. The molecule has 0 aliphatic carbocycles. The summed E-state index contributed by atoms with van der Waals surface area (Å²) in [6.07, 6.45) is 3.71. The number of halogens is 1. The third kappa shape index (κ3) is 4.46. The highest BCUT2D eigenvalue weighted by Gasteiger charge is 2.12. The summed E-state index contributed by atoms with van der Waals surface area (Å²) in [6, 6.07) is 11.0. The fourth-order valence-electron chi connectivity index (χ4n) is 2.02. The van der Waals surface area contributed by atoms with Crippen molar-refractivity contribution >= 4 is 28.9 Å². The number of hydrogen-bond acceptors (Lipinski definition) is 3. The lowest BCUT2D eigenvalue weighted by atomic mass is 10.2. The molecule has 0 spiro atoms. The van der Waals surface area contributed by atoms with Crippen molar-refractivity contribution in [1.82, 2.24) is 9.88 Å². The Morgan fingerprint density at radius 1 is 1.27 bits per heavy atom. The SMILES string of the molecule is CCCCN(C)C(=O)c1ccc(Nc2cccc(Cl)c2)cn1. The molecule has 0 saturated carbocycles. The summed E-state index contributed by atoms with van der Waals surface area (Å²) < 4.78 is 0. The molecule has 0 aliphatic heterocycles. The summed E-state index contributed by atoms with van der Waals surface area (Å²) in [5.41, 5.74) is 2.15. The molecule has 1 aromatic carbocycles. The molecule has 1 aromatic heterocycles. The highest BCUT2D eigenvalue weighted by atomic mass is 35.5. The van der Waals surface area contributed by atoms with Crippen LogP contribution < -0.4 is 5.32 Å². The summed E-state index contributed by atoms with van der Waals surface area (Å²) in [5, 5.41) is 3.87. The molecule has 0 radical (unpaired) electrons. The number of anilines is 2. The van der Waals surface area contributed by atoms with Crippen LogP contribution in [0.25, 0.3) is 0 Å². The molecule has 1 amide bonds. The van der Waals surface area contributed by atoms with Crippen LogP contribution in [0.5, 0.6) is 0 Å². The molecule has 0 fully saturated rings. The summed E-state index contributed by atoms with van der Waals surface area (Å²) in [7, 11) is 1.80. The van der Waals surface area contributed by atoms with Crippen molar-refractivity contribution in [3.05, 3.63) is 53.3 Å². The Balaban J connectivity index is 2.02. The standard InChI is InChI=1S/C17H20ClN3O/c1-3-4-10-21(2)17(22)16-9-8-15(12-19-16)20-14-7-5-6-13(18)11-14/h5-9,11-12,20H,3-4,10H2,1-2H3. The van der Waals surface area contributed by atoms with Gasteiger partial charge in [0.15, 0.2) is 0 Å². The van der Waals surface area contributed by atoms with E-state index in [-0.39, 0.29) is 5.91 Å². The predicted molar refractivity (Wildman–Crippen MR) is 90.8 cm³/mol. The van der Waals surface area contributed by atoms with Crippen molar-refractivity contribution in [1.29, 1.82) is 0 Å². The van der Waals surface area contributed by atoms with E-state index in [0.717, 1.165) is 30.8 Å². The van der Waals surface area contributed by atoms with E-state index in [9.17, 15) is 4.79 Å². The Labute approximate surface area is 136 Å². The molecule has 2 rings (SSSR count). The van der Waals surface area contributed by atoms with Gasteiger partial charge in [-0.1, -0.05) is 31.0 Å². The number of pyridine rings is 1. The van der Waals surface area contributed by atoms with Gasteiger partial charge in [0.25, 0.3) is 5.91 Å². The molecule has 5 heteroatoms. The quantitative estimate of drug-likeness (QED) is 0.861. The van der Waals surface area contributed by atoms with Gasteiger partial charge in [-0.2, -0.15) is 0 Å². The van der Waals surface area contributed by atoms with E-state index in [4.69, 9.17) is 11.6 Å². The molecular weight excluding hydrogens is 298 g/mol. The lowest BCUT2D eigenvalue weighted by molar-refractivity contribution is 0.0787.